The van der Waals surface area contributed by atoms with Crippen LogP contribution < -0.4 is 5.69 Å². The first-order valence-electron chi connectivity index (χ1n) is 6.82. The summed E-state index contributed by atoms with van der Waals surface area (Å²) in [6.45, 7) is 2.11. The molecule has 0 spiro atoms. The summed E-state index contributed by atoms with van der Waals surface area (Å²) in [6, 6.07) is 11.6. The summed E-state index contributed by atoms with van der Waals surface area (Å²) in [5.74, 6) is 0.726. The lowest BCUT2D eigenvalue weighted by atomic mass is 10.2. The number of aryl methyl sites for hydroxylation is 1. The summed E-state index contributed by atoms with van der Waals surface area (Å²) in [7, 11) is 0. The zero-order chi connectivity index (χ0) is 13.9. The number of hydrogen-bond donors (Lipinski definition) is 1. The normalized spacial score (nSPS) is 11.1. The SMILES string of the molecule is CCCCc1nc2cc(-c3ccccc3)nn2c(=O)[nH]1. The van der Waals surface area contributed by atoms with Crippen LogP contribution >= 0.6 is 0 Å². The highest BCUT2D eigenvalue weighted by molar-refractivity contribution is 5.63. The molecule has 0 unspecified atom stereocenters. The van der Waals surface area contributed by atoms with Crippen LogP contribution in [-0.2, 0) is 6.42 Å². The lowest BCUT2D eigenvalue weighted by molar-refractivity contribution is 0.725. The molecule has 20 heavy (non-hydrogen) atoms. The van der Waals surface area contributed by atoms with Crippen LogP contribution in [0.15, 0.2) is 41.2 Å². The van der Waals surface area contributed by atoms with Gasteiger partial charge in [0.05, 0.1) is 5.69 Å². The van der Waals surface area contributed by atoms with Gasteiger partial charge < -0.3 is 0 Å². The van der Waals surface area contributed by atoms with Crippen molar-refractivity contribution in [2.45, 2.75) is 26.2 Å². The first-order chi connectivity index (χ1) is 9.78. The van der Waals surface area contributed by atoms with Crippen molar-refractivity contribution in [1.29, 1.82) is 0 Å². The zero-order valence-corrected chi connectivity index (χ0v) is 11.3. The third-order valence-corrected chi connectivity index (χ3v) is 3.22. The molecule has 1 N–H and O–H groups in total. The molecule has 3 aromatic rings. The third kappa shape index (κ3) is 2.34. The number of hydrogen-bond acceptors (Lipinski definition) is 3. The molecule has 0 aliphatic heterocycles. The summed E-state index contributed by atoms with van der Waals surface area (Å²) in [5.41, 5.74) is 2.10. The molecule has 0 radical (unpaired) electrons. The van der Waals surface area contributed by atoms with Crippen molar-refractivity contribution in [1.82, 2.24) is 19.6 Å². The molecule has 2 heterocycles. The van der Waals surface area contributed by atoms with Gasteiger partial charge in [-0.15, -0.1) is 0 Å². The smallest absolute Gasteiger partial charge is 0.294 e. The van der Waals surface area contributed by atoms with Crippen LogP contribution in [0.1, 0.15) is 25.6 Å². The summed E-state index contributed by atoms with van der Waals surface area (Å²) in [6.07, 6.45) is 2.87. The fraction of sp³-hybridized carbons (Fsp3) is 0.267. The maximum absolute atomic E-state index is 12.0. The van der Waals surface area contributed by atoms with E-state index in [9.17, 15) is 4.79 Å². The van der Waals surface area contributed by atoms with Crippen LogP contribution in [0.25, 0.3) is 16.9 Å². The number of H-pyrrole nitrogens is 1. The fourth-order valence-electron chi connectivity index (χ4n) is 2.16. The molecule has 0 atom stereocenters. The van der Waals surface area contributed by atoms with Crippen molar-refractivity contribution >= 4 is 5.65 Å². The Kier molecular flexibility index (Phi) is 3.33. The van der Waals surface area contributed by atoms with Gasteiger partial charge in [-0.25, -0.2) is 9.78 Å². The van der Waals surface area contributed by atoms with Gasteiger partial charge in [0, 0.05) is 18.1 Å². The first-order valence-corrected chi connectivity index (χ1v) is 6.82. The van der Waals surface area contributed by atoms with Gasteiger partial charge in [-0.05, 0) is 6.42 Å². The van der Waals surface area contributed by atoms with E-state index in [4.69, 9.17) is 0 Å². The molecule has 0 aliphatic rings. The minimum atomic E-state index is -0.233. The fourth-order valence-corrected chi connectivity index (χ4v) is 2.16. The Bertz CT molecular complexity index is 773. The van der Waals surface area contributed by atoms with Crippen molar-refractivity contribution in [3.8, 4) is 11.3 Å². The first kappa shape index (κ1) is 12.6. The van der Waals surface area contributed by atoms with Crippen LogP contribution in [-0.4, -0.2) is 19.6 Å². The Morgan fingerprint density at radius 2 is 2.05 bits per heavy atom. The Hall–Kier alpha value is -2.43. The van der Waals surface area contributed by atoms with Gasteiger partial charge in [-0.1, -0.05) is 43.7 Å². The molecule has 5 heteroatoms. The average Bonchev–Trinajstić information content (AvgIpc) is 2.91. The highest BCUT2D eigenvalue weighted by atomic mass is 16.1. The Morgan fingerprint density at radius 1 is 1.25 bits per heavy atom. The van der Waals surface area contributed by atoms with Crippen LogP contribution in [0.5, 0.6) is 0 Å². The molecular formula is C15H16N4O. The molecule has 3 rings (SSSR count). The third-order valence-electron chi connectivity index (χ3n) is 3.22. The number of unbranched alkanes of at least 4 members (excludes halogenated alkanes) is 1. The predicted molar refractivity (Wildman–Crippen MR) is 77.7 cm³/mol. The van der Waals surface area contributed by atoms with Crippen LogP contribution in [0.2, 0.25) is 0 Å². The molecule has 0 amide bonds. The van der Waals surface area contributed by atoms with E-state index in [2.05, 4.69) is 22.0 Å². The van der Waals surface area contributed by atoms with E-state index in [1.807, 2.05) is 36.4 Å². The van der Waals surface area contributed by atoms with Crippen molar-refractivity contribution in [3.63, 3.8) is 0 Å². The van der Waals surface area contributed by atoms with E-state index >= 15 is 0 Å². The van der Waals surface area contributed by atoms with Crippen molar-refractivity contribution in [3.05, 3.63) is 52.7 Å². The number of benzene rings is 1. The Morgan fingerprint density at radius 3 is 2.80 bits per heavy atom. The summed E-state index contributed by atoms with van der Waals surface area (Å²) < 4.78 is 1.32. The van der Waals surface area contributed by atoms with E-state index < -0.39 is 0 Å². The second-order valence-electron chi connectivity index (χ2n) is 4.76. The Labute approximate surface area is 116 Å². The average molecular weight is 268 g/mol. The Balaban J connectivity index is 2.07. The summed E-state index contributed by atoms with van der Waals surface area (Å²) in [5, 5.41) is 4.31. The highest BCUT2D eigenvalue weighted by Crippen LogP contribution is 2.17. The molecule has 0 aliphatic carbocycles. The molecular weight excluding hydrogens is 252 g/mol. The van der Waals surface area contributed by atoms with Gasteiger partial charge in [0.15, 0.2) is 5.65 Å². The molecule has 102 valence electrons. The molecule has 5 nitrogen and oxygen atoms in total. The quantitative estimate of drug-likeness (QED) is 0.790. The molecule has 1 aromatic carbocycles. The summed E-state index contributed by atoms with van der Waals surface area (Å²) >= 11 is 0. The number of aromatic amines is 1. The van der Waals surface area contributed by atoms with E-state index in [-0.39, 0.29) is 5.69 Å². The molecule has 0 saturated heterocycles. The summed E-state index contributed by atoms with van der Waals surface area (Å²) in [4.78, 5) is 19.3. The van der Waals surface area contributed by atoms with Gasteiger partial charge in [0.1, 0.15) is 5.82 Å². The molecule has 0 saturated carbocycles. The standard InChI is InChI=1S/C15H16N4O/c1-2-3-9-13-16-14-10-12(11-7-5-4-6-8-11)18-19(14)15(20)17-13/h4-8,10H,2-3,9H2,1H3,(H,16,17,20). The second kappa shape index (κ2) is 5.28. The maximum Gasteiger partial charge on any atom is 0.349 e. The highest BCUT2D eigenvalue weighted by Gasteiger charge is 2.09. The number of fused-ring (bicyclic) bond motifs is 1. The lowest BCUT2D eigenvalue weighted by Crippen LogP contribution is -2.20. The molecule has 0 bridgehead atoms. The van der Waals surface area contributed by atoms with Crippen molar-refractivity contribution in [2.24, 2.45) is 0 Å². The molecule has 2 aromatic heterocycles. The number of nitrogens with one attached hydrogen (secondary N) is 1. The van der Waals surface area contributed by atoms with Crippen molar-refractivity contribution in [2.75, 3.05) is 0 Å². The van der Waals surface area contributed by atoms with Gasteiger partial charge in [-0.2, -0.15) is 9.61 Å². The van der Waals surface area contributed by atoms with Crippen molar-refractivity contribution < 1.29 is 0 Å². The van der Waals surface area contributed by atoms with Crippen LogP contribution in [0.3, 0.4) is 0 Å². The van der Waals surface area contributed by atoms with E-state index in [0.29, 0.717) is 5.65 Å². The number of aromatic nitrogens is 4. The van der Waals surface area contributed by atoms with Gasteiger partial charge in [0.2, 0.25) is 0 Å². The monoisotopic (exact) mass is 268 g/mol. The van der Waals surface area contributed by atoms with Crippen LogP contribution in [0, 0.1) is 0 Å². The minimum Gasteiger partial charge on any atom is -0.294 e. The van der Waals surface area contributed by atoms with E-state index in [0.717, 1.165) is 36.3 Å². The second-order valence-corrected chi connectivity index (χ2v) is 4.76. The number of nitrogens with zero attached hydrogens (tertiary/aromatic N) is 3. The largest absolute Gasteiger partial charge is 0.349 e. The van der Waals surface area contributed by atoms with Crippen LogP contribution in [0.4, 0.5) is 0 Å². The maximum atomic E-state index is 12.0. The van der Waals surface area contributed by atoms with E-state index in [1.54, 1.807) is 0 Å². The van der Waals surface area contributed by atoms with Gasteiger partial charge in [-0.3, -0.25) is 4.98 Å². The van der Waals surface area contributed by atoms with Gasteiger partial charge in [0.25, 0.3) is 0 Å². The van der Waals surface area contributed by atoms with E-state index in [1.165, 1.54) is 4.52 Å². The predicted octanol–water partition coefficient (Wildman–Crippen LogP) is 2.43. The zero-order valence-electron chi connectivity index (χ0n) is 11.3. The minimum absolute atomic E-state index is 0.233. The topological polar surface area (TPSA) is 63.1 Å². The lowest BCUT2D eigenvalue weighted by Gasteiger charge is -1.98. The van der Waals surface area contributed by atoms with Gasteiger partial charge >= 0.3 is 5.69 Å². The number of rotatable bonds is 4. The molecule has 0 fully saturated rings.